The van der Waals surface area contributed by atoms with Crippen LogP contribution in [0.4, 0.5) is 0 Å². The van der Waals surface area contributed by atoms with Crippen LogP contribution in [0, 0.1) is 0 Å². The molecule has 0 saturated heterocycles. The summed E-state index contributed by atoms with van der Waals surface area (Å²) < 4.78 is 12.0. The van der Waals surface area contributed by atoms with Crippen LogP contribution in [0.25, 0.3) is 22.3 Å². The molecule has 0 aliphatic rings. The van der Waals surface area contributed by atoms with Gasteiger partial charge in [0, 0.05) is 5.56 Å². The Labute approximate surface area is 143 Å². The molecule has 25 heavy (non-hydrogen) atoms. The van der Waals surface area contributed by atoms with Crippen molar-refractivity contribution in [2.24, 2.45) is 0 Å². The molecule has 0 amide bonds. The van der Waals surface area contributed by atoms with Crippen molar-refractivity contribution in [2.45, 2.75) is 6.54 Å². The Hall–Kier alpha value is -3.41. The van der Waals surface area contributed by atoms with E-state index in [2.05, 4.69) is 5.10 Å². The van der Waals surface area contributed by atoms with Gasteiger partial charge < -0.3 is 9.15 Å². The van der Waals surface area contributed by atoms with E-state index in [4.69, 9.17) is 14.1 Å². The highest BCUT2D eigenvalue weighted by atomic mass is 16.5. The monoisotopic (exact) mass is 333 g/mol. The van der Waals surface area contributed by atoms with E-state index in [1.54, 1.807) is 23.2 Å². The third-order valence-corrected chi connectivity index (χ3v) is 3.97. The van der Waals surface area contributed by atoms with Crippen LogP contribution in [-0.2, 0) is 11.3 Å². The number of furan rings is 1. The van der Waals surface area contributed by atoms with Gasteiger partial charge in [0.05, 0.1) is 36.2 Å². The minimum atomic E-state index is -0.415. The van der Waals surface area contributed by atoms with Crippen LogP contribution < -0.4 is 0 Å². The van der Waals surface area contributed by atoms with Crippen LogP contribution in [0.2, 0.25) is 0 Å². The number of aromatic nitrogens is 3. The summed E-state index contributed by atoms with van der Waals surface area (Å²) in [4.78, 5) is 16.9. The number of rotatable bonds is 4. The molecule has 6 nitrogen and oxygen atoms in total. The lowest BCUT2D eigenvalue weighted by Gasteiger charge is -2.07. The summed E-state index contributed by atoms with van der Waals surface area (Å²) in [6.07, 6.45) is 3.25. The van der Waals surface area contributed by atoms with Crippen LogP contribution >= 0.6 is 0 Å². The highest BCUT2D eigenvalue weighted by Crippen LogP contribution is 2.25. The minimum Gasteiger partial charge on any atom is -0.467 e. The van der Waals surface area contributed by atoms with Crippen LogP contribution in [0.5, 0.6) is 0 Å². The summed E-state index contributed by atoms with van der Waals surface area (Å²) in [6.45, 7) is 0.433. The van der Waals surface area contributed by atoms with Crippen molar-refractivity contribution in [3.63, 3.8) is 0 Å². The van der Waals surface area contributed by atoms with E-state index in [0.29, 0.717) is 28.8 Å². The van der Waals surface area contributed by atoms with Gasteiger partial charge in [-0.25, -0.2) is 14.5 Å². The molecule has 0 radical (unpaired) electrons. The van der Waals surface area contributed by atoms with E-state index < -0.39 is 5.97 Å². The van der Waals surface area contributed by atoms with Crippen molar-refractivity contribution < 1.29 is 13.9 Å². The fraction of sp³-hybridized carbons (Fsp3) is 0.105. The number of carbonyl (C=O) groups is 1. The molecule has 124 valence electrons. The number of nitrogens with zero attached hydrogens (tertiary/aromatic N) is 3. The van der Waals surface area contributed by atoms with E-state index in [0.717, 1.165) is 11.3 Å². The molecular formula is C19H15N3O3. The summed E-state index contributed by atoms with van der Waals surface area (Å²) in [7, 11) is 1.37. The van der Waals surface area contributed by atoms with Gasteiger partial charge in [0.1, 0.15) is 12.3 Å². The van der Waals surface area contributed by atoms with Gasteiger partial charge >= 0.3 is 5.97 Å². The average Bonchev–Trinajstić information content (AvgIpc) is 3.32. The number of methoxy groups -OCH3 is 1. The van der Waals surface area contributed by atoms with E-state index in [1.807, 2.05) is 42.5 Å². The molecule has 0 spiro atoms. The SMILES string of the molecule is COC(=O)c1cc(-c2ccccc2)nc2c1cnn2Cc1ccco1. The molecule has 0 aliphatic heterocycles. The zero-order valence-corrected chi connectivity index (χ0v) is 13.5. The smallest absolute Gasteiger partial charge is 0.338 e. The number of pyridine rings is 1. The lowest BCUT2D eigenvalue weighted by Crippen LogP contribution is -2.06. The fourth-order valence-corrected chi connectivity index (χ4v) is 2.75. The van der Waals surface area contributed by atoms with Crippen molar-refractivity contribution >= 4 is 17.0 Å². The summed E-state index contributed by atoms with van der Waals surface area (Å²) in [5, 5.41) is 5.02. The topological polar surface area (TPSA) is 70.2 Å². The van der Waals surface area contributed by atoms with Gasteiger partial charge in [-0.3, -0.25) is 0 Å². The van der Waals surface area contributed by atoms with Crippen molar-refractivity contribution in [3.05, 3.63) is 72.3 Å². The molecule has 6 heteroatoms. The molecule has 0 saturated carbocycles. The second kappa shape index (κ2) is 6.24. The van der Waals surface area contributed by atoms with E-state index in [1.165, 1.54) is 7.11 Å². The molecule has 3 heterocycles. The van der Waals surface area contributed by atoms with Gasteiger partial charge in [-0.15, -0.1) is 0 Å². The third kappa shape index (κ3) is 2.78. The Morgan fingerprint density at radius 2 is 2.04 bits per heavy atom. The zero-order valence-electron chi connectivity index (χ0n) is 13.5. The maximum Gasteiger partial charge on any atom is 0.338 e. The first-order chi connectivity index (χ1) is 12.3. The standard InChI is InChI=1S/C19H15N3O3/c1-24-19(23)15-10-17(13-6-3-2-4-7-13)21-18-16(15)11-20-22(18)12-14-8-5-9-25-14/h2-11H,12H2,1H3. The summed E-state index contributed by atoms with van der Waals surface area (Å²) in [5.41, 5.74) is 2.66. The zero-order chi connectivity index (χ0) is 17.2. The van der Waals surface area contributed by atoms with Gasteiger partial charge in [-0.05, 0) is 18.2 Å². The molecule has 0 aliphatic carbocycles. The molecule has 0 atom stereocenters. The number of esters is 1. The Morgan fingerprint density at radius 3 is 2.76 bits per heavy atom. The second-order valence-electron chi connectivity index (χ2n) is 5.53. The molecule has 3 aromatic heterocycles. The van der Waals surface area contributed by atoms with Gasteiger partial charge in [0.25, 0.3) is 0 Å². The first-order valence-corrected chi connectivity index (χ1v) is 7.79. The van der Waals surface area contributed by atoms with Crippen molar-refractivity contribution in [3.8, 4) is 11.3 Å². The molecule has 1 aromatic carbocycles. The largest absolute Gasteiger partial charge is 0.467 e. The van der Waals surface area contributed by atoms with E-state index in [-0.39, 0.29) is 0 Å². The third-order valence-electron chi connectivity index (χ3n) is 3.97. The molecule has 4 rings (SSSR count). The highest BCUT2D eigenvalue weighted by Gasteiger charge is 2.18. The summed E-state index contributed by atoms with van der Waals surface area (Å²) >= 11 is 0. The predicted molar refractivity (Wildman–Crippen MR) is 92.1 cm³/mol. The van der Waals surface area contributed by atoms with Gasteiger partial charge in [-0.2, -0.15) is 5.10 Å². The Bertz CT molecular complexity index is 1020. The first-order valence-electron chi connectivity index (χ1n) is 7.79. The maximum atomic E-state index is 12.2. The lowest BCUT2D eigenvalue weighted by atomic mass is 10.1. The normalized spacial score (nSPS) is 10.9. The van der Waals surface area contributed by atoms with Crippen LogP contribution in [0.15, 0.2) is 65.4 Å². The van der Waals surface area contributed by atoms with Crippen LogP contribution in [-0.4, -0.2) is 27.8 Å². The Balaban J connectivity index is 1.90. The second-order valence-corrected chi connectivity index (χ2v) is 5.53. The average molecular weight is 333 g/mol. The number of benzene rings is 1. The maximum absolute atomic E-state index is 12.2. The summed E-state index contributed by atoms with van der Waals surface area (Å²) in [6, 6.07) is 15.1. The van der Waals surface area contributed by atoms with E-state index >= 15 is 0 Å². The molecule has 0 fully saturated rings. The van der Waals surface area contributed by atoms with E-state index in [9.17, 15) is 4.79 Å². The molecular weight excluding hydrogens is 318 g/mol. The van der Waals surface area contributed by atoms with Gasteiger partial charge in [0.2, 0.25) is 0 Å². The van der Waals surface area contributed by atoms with Crippen LogP contribution in [0.1, 0.15) is 16.1 Å². The minimum absolute atomic E-state index is 0.415. The van der Waals surface area contributed by atoms with Crippen molar-refractivity contribution in [1.82, 2.24) is 14.8 Å². The first kappa shape index (κ1) is 15.1. The summed E-state index contributed by atoms with van der Waals surface area (Å²) in [5.74, 6) is 0.346. The van der Waals surface area contributed by atoms with Crippen LogP contribution in [0.3, 0.4) is 0 Å². The molecule has 0 N–H and O–H groups in total. The Morgan fingerprint density at radius 1 is 1.20 bits per heavy atom. The lowest BCUT2D eigenvalue weighted by molar-refractivity contribution is 0.0603. The van der Waals surface area contributed by atoms with Gasteiger partial charge in [0.15, 0.2) is 5.65 Å². The van der Waals surface area contributed by atoms with Gasteiger partial charge in [-0.1, -0.05) is 30.3 Å². The quantitative estimate of drug-likeness (QED) is 0.534. The molecule has 0 unspecified atom stereocenters. The predicted octanol–water partition coefficient (Wildman–Crippen LogP) is 3.53. The fourth-order valence-electron chi connectivity index (χ4n) is 2.75. The number of carbonyl (C=O) groups excluding carboxylic acids is 1. The van der Waals surface area contributed by atoms with Crippen molar-refractivity contribution in [2.75, 3.05) is 7.11 Å². The number of hydrogen-bond acceptors (Lipinski definition) is 5. The molecule has 4 aromatic rings. The van der Waals surface area contributed by atoms with Crippen molar-refractivity contribution in [1.29, 1.82) is 0 Å². The number of fused-ring (bicyclic) bond motifs is 1. The molecule has 0 bridgehead atoms. The number of ether oxygens (including phenoxy) is 1. The highest BCUT2D eigenvalue weighted by molar-refractivity contribution is 6.03. The number of hydrogen-bond donors (Lipinski definition) is 0. The Kier molecular flexibility index (Phi) is 3.78.